The molecule has 2 nitrogen and oxygen atoms in total. The van der Waals surface area contributed by atoms with Crippen LogP contribution in [0.4, 0.5) is 13.2 Å². The first kappa shape index (κ1) is 15.2. The fraction of sp³-hybridized carbons (Fsp3) is 0.600. The third kappa shape index (κ3) is 3.88. The largest absolute Gasteiger partial charge is 0.493 e. The Morgan fingerprint density at radius 1 is 1.15 bits per heavy atom. The molecular weight excluding hydrogens is 267 g/mol. The average molecular weight is 287 g/mol. The van der Waals surface area contributed by atoms with Gasteiger partial charge in [-0.05, 0) is 42.5 Å². The summed E-state index contributed by atoms with van der Waals surface area (Å²) in [5.74, 6) is 0.997. The van der Waals surface area contributed by atoms with Crippen molar-refractivity contribution in [1.82, 2.24) is 0 Å². The number of hydrogen-bond acceptors (Lipinski definition) is 2. The monoisotopic (exact) mass is 287 g/mol. The van der Waals surface area contributed by atoms with E-state index in [9.17, 15) is 13.2 Å². The van der Waals surface area contributed by atoms with E-state index < -0.39 is 11.7 Å². The van der Waals surface area contributed by atoms with Crippen LogP contribution in [0.3, 0.4) is 0 Å². The summed E-state index contributed by atoms with van der Waals surface area (Å²) in [5.41, 5.74) is 4.81. The summed E-state index contributed by atoms with van der Waals surface area (Å²) in [6, 6.07) is 3.84. The molecule has 0 amide bonds. The van der Waals surface area contributed by atoms with Gasteiger partial charge >= 0.3 is 6.18 Å². The van der Waals surface area contributed by atoms with E-state index in [2.05, 4.69) is 0 Å². The SMILES string of the molecule is NCc1cc(OCC2CCCCC2)ccc1C(F)(F)F. The Bertz CT molecular complexity index is 439. The molecule has 0 unspecified atom stereocenters. The van der Waals surface area contributed by atoms with E-state index in [1.165, 1.54) is 31.4 Å². The molecule has 1 fully saturated rings. The van der Waals surface area contributed by atoms with Gasteiger partial charge < -0.3 is 10.5 Å². The minimum absolute atomic E-state index is 0.0821. The van der Waals surface area contributed by atoms with Gasteiger partial charge in [0.15, 0.2) is 0 Å². The zero-order valence-electron chi connectivity index (χ0n) is 11.4. The first-order valence-electron chi connectivity index (χ1n) is 7.03. The van der Waals surface area contributed by atoms with Crippen LogP contribution in [0.2, 0.25) is 0 Å². The first-order chi connectivity index (χ1) is 9.50. The highest BCUT2D eigenvalue weighted by molar-refractivity contribution is 5.37. The molecule has 0 bridgehead atoms. The van der Waals surface area contributed by atoms with E-state index in [4.69, 9.17) is 10.5 Å². The van der Waals surface area contributed by atoms with Crippen LogP contribution >= 0.6 is 0 Å². The Hall–Kier alpha value is -1.23. The molecule has 0 aromatic heterocycles. The number of rotatable bonds is 4. The third-order valence-corrected chi connectivity index (χ3v) is 3.81. The number of ether oxygens (including phenoxy) is 1. The van der Waals surface area contributed by atoms with Gasteiger partial charge in [-0.3, -0.25) is 0 Å². The number of nitrogens with two attached hydrogens (primary N) is 1. The quantitative estimate of drug-likeness (QED) is 0.904. The molecule has 2 N–H and O–H groups in total. The molecule has 0 radical (unpaired) electrons. The molecular formula is C15H20F3NO. The molecule has 0 heterocycles. The van der Waals surface area contributed by atoms with Crippen LogP contribution in [0.25, 0.3) is 0 Å². The molecule has 20 heavy (non-hydrogen) atoms. The maximum absolute atomic E-state index is 12.7. The molecule has 112 valence electrons. The molecule has 5 heteroatoms. The molecule has 1 aromatic carbocycles. The third-order valence-electron chi connectivity index (χ3n) is 3.81. The van der Waals surface area contributed by atoms with Crippen LogP contribution in [-0.2, 0) is 12.7 Å². The Morgan fingerprint density at radius 2 is 1.85 bits per heavy atom. The van der Waals surface area contributed by atoms with Crippen LogP contribution in [-0.4, -0.2) is 6.61 Å². The smallest absolute Gasteiger partial charge is 0.416 e. The van der Waals surface area contributed by atoms with Gasteiger partial charge in [-0.1, -0.05) is 19.3 Å². The second-order valence-electron chi connectivity index (χ2n) is 5.34. The highest BCUT2D eigenvalue weighted by Gasteiger charge is 2.33. The predicted octanol–water partition coefficient (Wildman–Crippen LogP) is 4.12. The van der Waals surface area contributed by atoms with Crippen molar-refractivity contribution in [3.8, 4) is 5.75 Å². The number of benzene rings is 1. The molecule has 1 saturated carbocycles. The molecule has 1 aliphatic carbocycles. The van der Waals surface area contributed by atoms with Crippen LogP contribution in [0, 0.1) is 5.92 Å². The lowest BCUT2D eigenvalue weighted by atomic mass is 9.90. The summed E-state index contributed by atoms with van der Waals surface area (Å²) in [7, 11) is 0. The van der Waals surface area contributed by atoms with E-state index in [1.807, 2.05) is 0 Å². The zero-order chi connectivity index (χ0) is 14.6. The van der Waals surface area contributed by atoms with E-state index >= 15 is 0 Å². The lowest BCUT2D eigenvalue weighted by Gasteiger charge is -2.22. The topological polar surface area (TPSA) is 35.2 Å². The van der Waals surface area contributed by atoms with Gasteiger partial charge in [0.1, 0.15) is 5.75 Å². The van der Waals surface area contributed by atoms with Crippen molar-refractivity contribution >= 4 is 0 Å². The molecule has 0 aliphatic heterocycles. The normalized spacial score (nSPS) is 17.2. The maximum atomic E-state index is 12.7. The molecule has 0 spiro atoms. The van der Waals surface area contributed by atoms with Crippen molar-refractivity contribution in [1.29, 1.82) is 0 Å². The maximum Gasteiger partial charge on any atom is 0.416 e. The number of hydrogen-bond donors (Lipinski definition) is 1. The van der Waals surface area contributed by atoms with Gasteiger partial charge in [0.2, 0.25) is 0 Å². The summed E-state index contributed by atoms with van der Waals surface area (Å²) in [6.07, 6.45) is 1.63. The fourth-order valence-corrected chi connectivity index (χ4v) is 2.67. The predicted molar refractivity (Wildman–Crippen MR) is 71.4 cm³/mol. The van der Waals surface area contributed by atoms with Gasteiger partial charge in [0.05, 0.1) is 12.2 Å². The summed E-state index contributed by atoms with van der Waals surface area (Å²) >= 11 is 0. The van der Waals surface area contributed by atoms with Crippen LogP contribution in [0.1, 0.15) is 43.2 Å². The van der Waals surface area contributed by atoms with Crippen molar-refractivity contribution in [3.63, 3.8) is 0 Å². The fourth-order valence-electron chi connectivity index (χ4n) is 2.67. The van der Waals surface area contributed by atoms with Gasteiger partial charge in [-0.2, -0.15) is 13.2 Å². The highest BCUT2D eigenvalue weighted by Crippen LogP contribution is 2.34. The van der Waals surface area contributed by atoms with Crippen molar-refractivity contribution in [2.75, 3.05) is 6.61 Å². The summed E-state index contributed by atoms with van der Waals surface area (Å²) in [5, 5.41) is 0. The van der Waals surface area contributed by atoms with Gasteiger partial charge in [0.25, 0.3) is 0 Å². The minimum Gasteiger partial charge on any atom is -0.493 e. The standard InChI is InChI=1S/C15H20F3NO/c16-15(17,18)14-7-6-13(8-12(14)9-19)20-10-11-4-2-1-3-5-11/h6-8,11H,1-5,9-10,19H2. The second kappa shape index (κ2) is 6.48. The van der Waals surface area contributed by atoms with Crippen LogP contribution in [0.5, 0.6) is 5.75 Å². The number of halogens is 3. The van der Waals surface area contributed by atoms with E-state index in [0.29, 0.717) is 18.3 Å². The van der Waals surface area contributed by atoms with E-state index in [1.54, 1.807) is 0 Å². The van der Waals surface area contributed by atoms with Crippen molar-refractivity contribution in [2.24, 2.45) is 11.7 Å². The highest BCUT2D eigenvalue weighted by atomic mass is 19.4. The van der Waals surface area contributed by atoms with Gasteiger partial charge in [-0.25, -0.2) is 0 Å². The van der Waals surface area contributed by atoms with E-state index in [-0.39, 0.29) is 12.1 Å². The average Bonchev–Trinajstić information content (AvgIpc) is 2.45. The molecule has 0 saturated heterocycles. The first-order valence-corrected chi connectivity index (χ1v) is 7.03. The Balaban J connectivity index is 2.02. The second-order valence-corrected chi connectivity index (χ2v) is 5.34. The Labute approximate surface area is 117 Å². The summed E-state index contributed by atoms with van der Waals surface area (Å²) in [4.78, 5) is 0. The van der Waals surface area contributed by atoms with Crippen LogP contribution < -0.4 is 10.5 Å². The minimum atomic E-state index is -4.36. The summed E-state index contributed by atoms with van der Waals surface area (Å²) in [6.45, 7) is 0.435. The van der Waals surface area contributed by atoms with Crippen molar-refractivity contribution < 1.29 is 17.9 Å². The molecule has 1 aliphatic rings. The van der Waals surface area contributed by atoms with Crippen LogP contribution in [0.15, 0.2) is 18.2 Å². The lowest BCUT2D eigenvalue weighted by molar-refractivity contribution is -0.138. The summed E-state index contributed by atoms with van der Waals surface area (Å²) < 4.78 is 43.9. The molecule has 0 atom stereocenters. The number of alkyl halides is 3. The molecule has 2 rings (SSSR count). The Morgan fingerprint density at radius 3 is 2.45 bits per heavy atom. The van der Waals surface area contributed by atoms with Crippen molar-refractivity contribution in [3.05, 3.63) is 29.3 Å². The molecule has 1 aromatic rings. The zero-order valence-corrected chi connectivity index (χ0v) is 11.4. The van der Waals surface area contributed by atoms with Gasteiger partial charge in [0, 0.05) is 6.54 Å². The lowest BCUT2D eigenvalue weighted by Crippen LogP contribution is -2.16. The Kier molecular flexibility index (Phi) is 4.91. The van der Waals surface area contributed by atoms with Crippen molar-refractivity contribution in [2.45, 2.75) is 44.8 Å². The van der Waals surface area contributed by atoms with E-state index in [0.717, 1.165) is 18.9 Å². The van der Waals surface area contributed by atoms with Gasteiger partial charge in [-0.15, -0.1) is 0 Å².